The largest absolute Gasteiger partial charge is 0.342 e. The molecule has 0 bridgehead atoms. The summed E-state index contributed by atoms with van der Waals surface area (Å²) in [5.74, 6) is 0.191. The molecule has 10 heteroatoms. The van der Waals surface area contributed by atoms with E-state index in [1.54, 1.807) is 25.1 Å². The number of nitrogens with zero attached hydrogens (tertiary/aromatic N) is 3. The van der Waals surface area contributed by atoms with Crippen molar-refractivity contribution in [3.8, 4) is 0 Å². The molecule has 1 aromatic heterocycles. The summed E-state index contributed by atoms with van der Waals surface area (Å²) in [6.07, 6.45) is 1.71. The second-order valence-electron chi connectivity index (χ2n) is 7.64. The molecule has 0 saturated heterocycles. The number of anilines is 1. The van der Waals surface area contributed by atoms with Crippen LogP contribution in [0, 0.1) is 13.8 Å². The molecule has 1 atom stereocenters. The average Bonchev–Trinajstić information content (AvgIpc) is 3.18. The molecule has 3 aromatic rings. The van der Waals surface area contributed by atoms with E-state index in [0.29, 0.717) is 28.1 Å². The molecule has 34 heavy (non-hydrogen) atoms. The Morgan fingerprint density at radius 1 is 1.21 bits per heavy atom. The Hall–Kier alpha value is -2.81. The van der Waals surface area contributed by atoms with Crippen LogP contribution in [0.4, 0.5) is 5.69 Å². The predicted octanol–water partition coefficient (Wildman–Crippen LogP) is 5.61. The summed E-state index contributed by atoms with van der Waals surface area (Å²) in [5.41, 5.74) is 3.24. The summed E-state index contributed by atoms with van der Waals surface area (Å²) in [5, 5.41) is 15.6. The van der Waals surface area contributed by atoms with Gasteiger partial charge < -0.3 is 15.2 Å². The summed E-state index contributed by atoms with van der Waals surface area (Å²) in [4.78, 5) is 25.2. The lowest BCUT2D eigenvalue weighted by atomic mass is 10.1. The molecule has 0 saturated carbocycles. The summed E-state index contributed by atoms with van der Waals surface area (Å²) in [7, 11) is 0. The minimum Gasteiger partial charge on any atom is -0.342 e. The monoisotopic (exact) mass is 517 g/mol. The number of aromatic nitrogens is 3. The van der Waals surface area contributed by atoms with Crippen LogP contribution < -0.4 is 10.6 Å². The first kappa shape index (κ1) is 25.8. The molecule has 0 aliphatic heterocycles. The number of carbonyl (C=O) groups is 2. The fraction of sp³-hybridized carbons (Fsp3) is 0.250. The van der Waals surface area contributed by atoms with Gasteiger partial charge in [-0.15, -0.1) is 16.8 Å². The Morgan fingerprint density at radius 3 is 2.68 bits per heavy atom. The zero-order chi connectivity index (χ0) is 24.8. The van der Waals surface area contributed by atoms with E-state index in [-0.39, 0.29) is 22.6 Å². The van der Waals surface area contributed by atoms with Gasteiger partial charge in [0.05, 0.1) is 22.4 Å². The molecule has 2 aromatic carbocycles. The van der Waals surface area contributed by atoms with Gasteiger partial charge in [-0.2, -0.15) is 0 Å². The van der Waals surface area contributed by atoms with Crippen LogP contribution in [0.25, 0.3) is 0 Å². The Labute approximate surface area is 212 Å². The Morgan fingerprint density at radius 2 is 1.97 bits per heavy atom. The van der Waals surface area contributed by atoms with E-state index in [1.165, 1.54) is 17.8 Å². The number of hydrogen-bond donors (Lipinski definition) is 2. The summed E-state index contributed by atoms with van der Waals surface area (Å²) in [6.45, 7) is 9.98. The molecule has 0 radical (unpaired) electrons. The van der Waals surface area contributed by atoms with E-state index in [4.69, 9.17) is 23.2 Å². The zero-order valence-corrected chi connectivity index (χ0v) is 21.4. The predicted molar refractivity (Wildman–Crippen MR) is 138 cm³/mol. The lowest BCUT2D eigenvalue weighted by Gasteiger charge is -2.16. The third-order valence-electron chi connectivity index (χ3n) is 5.18. The summed E-state index contributed by atoms with van der Waals surface area (Å²) >= 11 is 13.3. The zero-order valence-electron chi connectivity index (χ0n) is 19.1. The lowest BCUT2D eigenvalue weighted by molar-refractivity contribution is -0.113. The highest BCUT2D eigenvalue weighted by atomic mass is 35.5. The van der Waals surface area contributed by atoms with Crippen molar-refractivity contribution in [1.29, 1.82) is 0 Å². The topological polar surface area (TPSA) is 88.9 Å². The minimum absolute atomic E-state index is 0.146. The first-order valence-electron chi connectivity index (χ1n) is 10.5. The van der Waals surface area contributed by atoms with Crippen LogP contribution in [0.15, 0.2) is 54.2 Å². The highest BCUT2D eigenvalue weighted by Crippen LogP contribution is 2.24. The van der Waals surface area contributed by atoms with Gasteiger partial charge in [0.15, 0.2) is 11.0 Å². The van der Waals surface area contributed by atoms with Crippen molar-refractivity contribution in [1.82, 2.24) is 20.1 Å². The number of aryl methyl sites for hydroxylation is 1. The van der Waals surface area contributed by atoms with Gasteiger partial charge in [0.1, 0.15) is 0 Å². The van der Waals surface area contributed by atoms with E-state index in [9.17, 15) is 9.59 Å². The lowest BCUT2D eigenvalue weighted by Crippen LogP contribution is -2.29. The second-order valence-corrected chi connectivity index (χ2v) is 9.43. The number of rotatable bonds is 9. The van der Waals surface area contributed by atoms with Crippen LogP contribution >= 0.6 is 35.0 Å². The number of hydrogen-bond acceptors (Lipinski definition) is 5. The smallest absolute Gasteiger partial charge is 0.253 e. The molecule has 0 fully saturated rings. The summed E-state index contributed by atoms with van der Waals surface area (Å²) in [6, 6.07) is 10.00. The van der Waals surface area contributed by atoms with E-state index in [1.807, 2.05) is 36.6 Å². The maximum Gasteiger partial charge on any atom is 0.253 e. The van der Waals surface area contributed by atoms with E-state index >= 15 is 0 Å². The first-order valence-corrected chi connectivity index (χ1v) is 12.2. The number of carbonyl (C=O) groups excluding carboxylic acids is 2. The highest BCUT2D eigenvalue weighted by Gasteiger charge is 2.21. The van der Waals surface area contributed by atoms with Crippen molar-refractivity contribution < 1.29 is 9.59 Å². The quantitative estimate of drug-likeness (QED) is 0.284. The van der Waals surface area contributed by atoms with Crippen LogP contribution in [-0.4, -0.2) is 32.3 Å². The second kappa shape index (κ2) is 11.6. The number of amides is 2. The van der Waals surface area contributed by atoms with Gasteiger partial charge in [-0.3, -0.25) is 9.59 Å². The van der Waals surface area contributed by atoms with Gasteiger partial charge in [-0.1, -0.05) is 53.2 Å². The van der Waals surface area contributed by atoms with Crippen molar-refractivity contribution >= 4 is 52.5 Å². The molecular weight excluding hydrogens is 493 g/mol. The Kier molecular flexibility index (Phi) is 8.77. The van der Waals surface area contributed by atoms with Gasteiger partial charge in [0, 0.05) is 17.3 Å². The fourth-order valence-electron chi connectivity index (χ4n) is 3.24. The van der Waals surface area contributed by atoms with Crippen molar-refractivity contribution in [2.24, 2.45) is 0 Å². The molecule has 178 valence electrons. The van der Waals surface area contributed by atoms with E-state index < -0.39 is 6.04 Å². The molecule has 7 nitrogen and oxygen atoms in total. The number of benzene rings is 2. The van der Waals surface area contributed by atoms with Crippen LogP contribution in [0.1, 0.15) is 40.3 Å². The summed E-state index contributed by atoms with van der Waals surface area (Å²) < 4.78 is 1.82. The van der Waals surface area contributed by atoms with Crippen LogP contribution in [0.3, 0.4) is 0 Å². The van der Waals surface area contributed by atoms with Crippen LogP contribution in [-0.2, 0) is 11.3 Å². The van der Waals surface area contributed by atoms with Crippen LogP contribution in [0.2, 0.25) is 10.0 Å². The van der Waals surface area contributed by atoms with Gasteiger partial charge in [-0.05, 0) is 56.2 Å². The highest BCUT2D eigenvalue weighted by molar-refractivity contribution is 7.99. The maximum absolute atomic E-state index is 12.7. The first-order chi connectivity index (χ1) is 16.2. The van der Waals surface area contributed by atoms with E-state index in [0.717, 1.165) is 16.8 Å². The molecule has 1 heterocycles. The normalized spacial score (nSPS) is 11.7. The Bertz CT molecular complexity index is 1230. The maximum atomic E-state index is 12.7. The number of allylic oxidation sites excluding steroid dienone is 1. The van der Waals surface area contributed by atoms with Gasteiger partial charge in [0.25, 0.3) is 5.91 Å². The fourth-order valence-corrected chi connectivity index (χ4v) is 4.49. The van der Waals surface area contributed by atoms with Gasteiger partial charge >= 0.3 is 0 Å². The van der Waals surface area contributed by atoms with Gasteiger partial charge in [-0.25, -0.2) is 0 Å². The van der Waals surface area contributed by atoms with Crippen molar-refractivity contribution in [2.45, 2.75) is 38.5 Å². The molecular formula is C24H25Cl2N5O2S. The SMILES string of the molecule is C=CCn1c(SCC(=O)Nc2cccc(C)c2C)nnc1[C@H](C)NC(=O)c1ccc(Cl)cc1Cl. The Balaban J connectivity index is 1.69. The molecule has 0 aliphatic rings. The molecule has 0 unspecified atom stereocenters. The van der Waals surface area contributed by atoms with Crippen molar-refractivity contribution in [3.63, 3.8) is 0 Å². The molecule has 2 N–H and O–H groups in total. The van der Waals surface area contributed by atoms with Crippen molar-refractivity contribution in [2.75, 3.05) is 11.1 Å². The van der Waals surface area contributed by atoms with Crippen molar-refractivity contribution in [3.05, 3.63) is 81.6 Å². The van der Waals surface area contributed by atoms with Gasteiger partial charge in [0.2, 0.25) is 5.91 Å². The molecule has 0 aliphatic carbocycles. The number of nitrogens with one attached hydrogen (secondary N) is 2. The number of halogens is 2. The minimum atomic E-state index is -0.468. The molecule has 0 spiro atoms. The molecule has 2 amide bonds. The molecule has 3 rings (SSSR count). The average molecular weight is 518 g/mol. The standard InChI is InChI=1S/C24H25Cl2N5O2S/c1-5-11-31-22(16(4)27-23(33)18-10-9-17(25)12-19(18)26)29-30-24(31)34-13-21(32)28-20-8-6-7-14(2)15(20)3/h5-10,12,16H,1,11,13H2,2-4H3,(H,27,33)(H,28,32)/t16-/m0/s1. The third-order valence-corrected chi connectivity index (χ3v) is 6.69. The van der Waals surface area contributed by atoms with E-state index in [2.05, 4.69) is 27.4 Å². The number of thioether (sulfide) groups is 1. The van der Waals surface area contributed by atoms with Crippen LogP contribution in [0.5, 0.6) is 0 Å². The third kappa shape index (κ3) is 6.20.